The number of carbonyl (C=O) groups excluding carboxylic acids is 2. The van der Waals surface area contributed by atoms with Crippen LogP contribution in [0.15, 0.2) is 29.1 Å². The van der Waals surface area contributed by atoms with Gasteiger partial charge in [0, 0.05) is 37.9 Å². The normalized spacial score (nSPS) is 16.2. The number of aliphatic hydroxyl groups is 1. The summed E-state index contributed by atoms with van der Waals surface area (Å²) in [5, 5.41) is 13.5. The summed E-state index contributed by atoms with van der Waals surface area (Å²) >= 11 is 1.62. The molecule has 168 valence electrons. The van der Waals surface area contributed by atoms with Crippen molar-refractivity contribution in [2.24, 2.45) is 5.73 Å². The van der Waals surface area contributed by atoms with E-state index in [4.69, 9.17) is 5.73 Å². The molecule has 1 saturated heterocycles. The zero-order valence-corrected chi connectivity index (χ0v) is 19.1. The number of nitrogens with two attached hydrogens (primary N) is 1. The van der Waals surface area contributed by atoms with Crippen molar-refractivity contribution in [3.05, 3.63) is 51.5 Å². The third-order valence-corrected chi connectivity index (χ3v) is 6.97. The minimum Gasteiger partial charge on any atom is -0.387 e. The molecule has 2 amide bonds. The molecule has 0 unspecified atom stereocenters. The Morgan fingerprint density at radius 3 is 2.71 bits per heavy atom. The summed E-state index contributed by atoms with van der Waals surface area (Å²) in [6.45, 7) is 5.98. The molecule has 0 saturated carbocycles. The van der Waals surface area contributed by atoms with Gasteiger partial charge in [0.15, 0.2) is 0 Å². The van der Waals surface area contributed by atoms with Gasteiger partial charge in [0.05, 0.1) is 11.3 Å². The van der Waals surface area contributed by atoms with E-state index >= 15 is 0 Å². The molecule has 1 fully saturated rings. The summed E-state index contributed by atoms with van der Waals surface area (Å²) in [5.74, 6) is -0.629. The lowest BCUT2D eigenvalue weighted by Crippen LogP contribution is -2.49. The summed E-state index contributed by atoms with van der Waals surface area (Å²) < 4.78 is 0. The molecule has 1 atom stereocenters. The Kier molecular flexibility index (Phi) is 8.17. The van der Waals surface area contributed by atoms with Gasteiger partial charge < -0.3 is 20.6 Å². The Morgan fingerprint density at radius 2 is 2.10 bits per heavy atom. The van der Waals surface area contributed by atoms with Gasteiger partial charge in [-0.15, -0.1) is 0 Å². The van der Waals surface area contributed by atoms with Crippen LogP contribution in [0.2, 0.25) is 0 Å². The van der Waals surface area contributed by atoms with E-state index in [0.29, 0.717) is 24.6 Å². The zero-order valence-electron chi connectivity index (χ0n) is 18.3. The molecule has 8 heteroatoms. The number of aryl methyl sites for hydroxylation is 2. The van der Waals surface area contributed by atoms with Crippen LogP contribution in [0, 0.1) is 6.92 Å². The molecule has 2 aromatic heterocycles. The van der Waals surface area contributed by atoms with Crippen molar-refractivity contribution in [3.63, 3.8) is 0 Å². The molecule has 1 aliphatic rings. The first-order valence-corrected chi connectivity index (χ1v) is 11.7. The van der Waals surface area contributed by atoms with E-state index in [1.807, 2.05) is 29.3 Å². The number of carbonyl (C=O) groups is 2. The monoisotopic (exact) mass is 444 g/mol. The van der Waals surface area contributed by atoms with Crippen LogP contribution in [0.25, 0.3) is 0 Å². The van der Waals surface area contributed by atoms with E-state index in [1.165, 1.54) is 0 Å². The van der Waals surface area contributed by atoms with E-state index in [1.54, 1.807) is 17.5 Å². The number of piperidine rings is 1. The Hall–Kier alpha value is -2.29. The molecule has 1 aliphatic heterocycles. The highest BCUT2D eigenvalue weighted by atomic mass is 32.1. The number of aromatic nitrogens is 1. The second-order valence-corrected chi connectivity index (χ2v) is 9.06. The maximum Gasteiger partial charge on any atom is 0.250 e. The van der Waals surface area contributed by atoms with E-state index in [-0.39, 0.29) is 11.9 Å². The molecule has 0 spiro atoms. The van der Waals surface area contributed by atoms with Crippen molar-refractivity contribution in [1.29, 1.82) is 0 Å². The second-order valence-electron chi connectivity index (χ2n) is 8.28. The summed E-state index contributed by atoms with van der Waals surface area (Å²) in [6.07, 6.45) is 5.09. The van der Waals surface area contributed by atoms with Crippen LogP contribution >= 0.6 is 11.3 Å². The Labute approximate surface area is 187 Å². The average Bonchev–Trinajstić information content (AvgIpc) is 3.28. The van der Waals surface area contributed by atoms with E-state index < -0.39 is 12.5 Å². The van der Waals surface area contributed by atoms with Crippen molar-refractivity contribution in [2.75, 3.05) is 19.7 Å². The highest BCUT2D eigenvalue weighted by molar-refractivity contribution is 7.07. The van der Waals surface area contributed by atoms with Gasteiger partial charge in [0.1, 0.15) is 6.61 Å². The van der Waals surface area contributed by atoms with Gasteiger partial charge in [-0.3, -0.25) is 14.6 Å². The minimum absolute atomic E-state index is 0.142. The maximum atomic E-state index is 12.3. The smallest absolute Gasteiger partial charge is 0.250 e. The van der Waals surface area contributed by atoms with Crippen molar-refractivity contribution in [2.45, 2.75) is 58.2 Å². The summed E-state index contributed by atoms with van der Waals surface area (Å²) in [4.78, 5) is 32.8. The van der Waals surface area contributed by atoms with Gasteiger partial charge in [-0.25, -0.2) is 0 Å². The maximum absolute atomic E-state index is 12.3. The van der Waals surface area contributed by atoms with Crippen LogP contribution in [0.5, 0.6) is 0 Å². The fraction of sp³-hybridized carbons (Fsp3) is 0.522. The zero-order chi connectivity index (χ0) is 22.4. The number of hydrogen-bond donors (Lipinski definition) is 2. The fourth-order valence-corrected chi connectivity index (χ4v) is 5.06. The van der Waals surface area contributed by atoms with Crippen LogP contribution < -0.4 is 5.73 Å². The van der Waals surface area contributed by atoms with Crippen LogP contribution in [0.1, 0.15) is 53.4 Å². The lowest BCUT2D eigenvalue weighted by molar-refractivity contribution is -0.138. The van der Waals surface area contributed by atoms with E-state index in [0.717, 1.165) is 49.2 Å². The number of nitrogens with zero attached hydrogens (tertiary/aromatic N) is 3. The molecular weight excluding hydrogens is 412 g/mol. The van der Waals surface area contributed by atoms with Gasteiger partial charge in [-0.05, 0) is 73.6 Å². The Balaban J connectivity index is 1.55. The van der Waals surface area contributed by atoms with Crippen molar-refractivity contribution >= 4 is 23.2 Å². The Bertz CT molecular complexity index is 879. The number of thiophene rings is 1. The van der Waals surface area contributed by atoms with Gasteiger partial charge in [-0.2, -0.15) is 11.3 Å². The van der Waals surface area contributed by atoms with Crippen molar-refractivity contribution < 1.29 is 14.7 Å². The lowest BCUT2D eigenvalue weighted by atomic mass is 9.98. The van der Waals surface area contributed by atoms with Crippen LogP contribution in [-0.4, -0.2) is 63.5 Å². The number of aliphatic hydroxyl groups excluding tert-OH is 1. The second kappa shape index (κ2) is 10.8. The van der Waals surface area contributed by atoms with Gasteiger partial charge in [0.2, 0.25) is 5.91 Å². The number of hydrogen-bond acceptors (Lipinski definition) is 6. The number of primary amides is 1. The molecule has 31 heavy (non-hydrogen) atoms. The number of likely N-dealkylation sites (tertiary alicyclic amines) is 1. The van der Waals surface area contributed by atoms with Crippen LogP contribution in [0.4, 0.5) is 0 Å². The molecule has 0 radical (unpaired) electrons. The first kappa shape index (κ1) is 23.4. The van der Waals surface area contributed by atoms with Crippen LogP contribution in [-0.2, 0) is 17.8 Å². The molecule has 0 aliphatic carbocycles. The van der Waals surface area contributed by atoms with Crippen molar-refractivity contribution in [3.8, 4) is 0 Å². The predicted molar refractivity (Wildman–Crippen MR) is 122 cm³/mol. The highest BCUT2D eigenvalue weighted by Gasteiger charge is 2.29. The molecule has 7 nitrogen and oxygen atoms in total. The summed E-state index contributed by atoms with van der Waals surface area (Å²) in [5.41, 5.74) is 8.84. The molecule has 0 aromatic carbocycles. The minimum atomic E-state index is -0.452. The van der Waals surface area contributed by atoms with Crippen LogP contribution in [0.3, 0.4) is 0 Å². The predicted octanol–water partition coefficient (Wildman–Crippen LogP) is 2.36. The number of amides is 2. The topological polar surface area (TPSA) is 99.8 Å². The molecule has 2 aromatic rings. The molecule has 3 rings (SSSR count). The SMILES string of the molecule is Cc1ccnc(CC[C@@H](C)N2CCC(N(Cc3ccsc3)C(=O)CO)CC2)c1C(N)=O. The fourth-order valence-electron chi connectivity index (χ4n) is 4.40. The molecule has 3 heterocycles. The van der Waals surface area contributed by atoms with Gasteiger partial charge in [0.25, 0.3) is 5.91 Å². The van der Waals surface area contributed by atoms with Gasteiger partial charge in [-0.1, -0.05) is 0 Å². The highest BCUT2D eigenvalue weighted by Crippen LogP contribution is 2.23. The van der Waals surface area contributed by atoms with Gasteiger partial charge >= 0.3 is 0 Å². The van der Waals surface area contributed by atoms with E-state index in [9.17, 15) is 14.7 Å². The Morgan fingerprint density at radius 1 is 1.35 bits per heavy atom. The summed E-state index contributed by atoms with van der Waals surface area (Å²) in [6, 6.07) is 4.32. The average molecular weight is 445 g/mol. The third kappa shape index (κ3) is 5.90. The first-order valence-electron chi connectivity index (χ1n) is 10.8. The first-order chi connectivity index (χ1) is 14.9. The third-order valence-electron chi connectivity index (χ3n) is 6.23. The lowest BCUT2D eigenvalue weighted by Gasteiger charge is -2.40. The quantitative estimate of drug-likeness (QED) is 0.618. The largest absolute Gasteiger partial charge is 0.387 e. The van der Waals surface area contributed by atoms with Crippen molar-refractivity contribution in [1.82, 2.24) is 14.8 Å². The number of pyridine rings is 1. The molecule has 0 bridgehead atoms. The van der Waals surface area contributed by atoms with E-state index in [2.05, 4.69) is 22.2 Å². The molecule has 3 N–H and O–H groups in total. The standard InChI is InChI=1S/C23H32N4O3S/c1-16-5-9-25-20(22(16)23(24)30)4-3-17(2)26-10-6-19(7-11-26)27(21(29)14-28)13-18-8-12-31-15-18/h5,8-9,12,15,17,19,28H,3-4,6-7,10-11,13-14H2,1-2H3,(H2,24,30)/t17-/m1/s1. The number of rotatable bonds is 9. The molecular formula is C23H32N4O3S. The summed E-state index contributed by atoms with van der Waals surface area (Å²) in [7, 11) is 0.